The van der Waals surface area contributed by atoms with Crippen LogP contribution in [0, 0.1) is 5.92 Å². The smallest absolute Gasteiger partial charge is 0.0671 e. The molecule has 1 heteroatoms. The van der Waals surface area contributed by atoms with Crippen LogP contribution in [-0.2, 0) is 0 Å². The number of aliphatic imine (C=N–C) groups is 1. The number of para-hydroxylation sites is 1. The van der Waals surface area contributed by atoms with E-state index in [-0.39, 0.29) is 11.8 Å². The predicted molar refractivity (Wildman–Crippen MR) is 230 cm³/mol. The molecule has 9 aromatic rings. The van der Waals surface area contributed by atoms with E-state index in [2.05, 4.69) is 200 Å². The Kier molecular flexibility index (Phi) is 7.06. The molecule has 1 nitrogen and oxygen atoms in total. The Labute approximate surface area is 314 Å². The Hall–Kier alpha value is -6.83. The second-order valence-electron chi connectivity index (χ2n) is 14.6. The quantitative estimate of drug-likeness (QED) is 0.164. The molecule has 2 aliphatic rings. The SMILES string of the molecule is C1=CC2C(c3cccc(-c4ccc5c(-c6cccc7ccccc67)c6ccccc6c(-c6cccc7ccccc67)c5c4)c3)=Nc3ccccc3C2C=C1. The van der Waals surface area contributed by atoms with Crippen LogP contribution in [0.4, 0.5) is 5.69 Å². The molecule has 1 aliphatic heterocycles. The van der Waals surface area contributed by atoms with Gasteiger partial charge in [-0.05, 0) is 106 Å². The highest BCUT2D eigenvalue weighted by molar-refractivity contribution is 6.25. The lowest BCUT2D eigenvalue weighted by molar-refractivity contribution is 0.723. The Morgan fingerprint density at radius 3 is 1.59 bits per heavy atom. The van der Waals surface area contributed by atoms with Gasteiger partial charge in [0.1, 0.15) is 0 Å². The van der Waals surface area contributed by atoms with Crippen LogP contribution in [-0.4, -0.2) is 5.71 Å². The van der Waals surface area contributed by atoms with Crippen LogP contribution >= 0.6 is 0 Å². The summed E-state index contributed by atoms with van der Waals surface area (Å²) in [6, 6.07) is 64.7. The van der Waals surface area contributed by atoms with E-state index in [0.29, 0.717) is 0 Å². The summed E-state index contributed by atoms with van der Waals surface area (Å²) in [4.78, 5) is 5.30. The molecule has 0 bridgehead atoms. The molecule has 0 fully saturated rings. The van der Waals surface area contributed by atoms with Crippen LogP contribution < -0.4 is 0 Å². The maximum absolute atomic E-state index is 5.30. The standard InChI is InChI=1S/C53H35N/c1-3-20-39-34(14-1)16-12-27-43(39)51-45-24-6-7-25-46(45)52(44-28-13-17-35-15-2-4-21-40(35)44)49-33-37(30-31-47(49)51)36-18-11-19-38(32-36)53-48-26-8-5-22-41(48)42-23-9-10-29-50(42)54-53/h1-33,41,48H. The van der Waals surface area contributed by atoms with Gasteiger partial charge < -0.3 is 0 Å². The van der Waals surface area contributed by atoms with Crippen molar-refractivity contribution >= 4 is 54.5 Å². The molecule has 0 spiro atoms. The Morgan fingerprint density at radius 1 is 0.352 bits per heavy atom. The second kappa shape index (κ2) is 12.4. The van der Waals surface area contributed by atoms with Crippen molar-refractivity contribution in [1.82, 2.24) is 0 Å². The van der Waals surface area contributed by atoms with Gasteiger partial charge in [-0.25, -0.2) is 0 Å². The molecular formula is C53H35N. The van der Waals surface area contributed by atoms with E-state index in [0.717, 1.165) is 11.4 Å². The van der Waals surface area contributed by atoms with Gasteiger partial charge in [0.15, 0.2) is 0 Å². The zero-order valence-corrected chi connectivity index (χ0v) is 29.7. The first kappa shape index (κ1) is 30.8. The molecule has 2 atom stereocenters. The molecule has 0 N–H and O–H groups in total. The molecule has 1 heterocycles. The first-order chi connectivity index (χ1) is 26.8. The van der Waals surface area contributed by atoms with Gasteiger partial charge in [-0.15, -0.1) is 0 Å². The van der Waals surface area contributed by atoms with E-state index in [1.165, 1.54) is 87.6 Å². The summed E-state index contributed by atoms with van der Waals surface area (Å²) in [5.41, 5.74) is 12.1. The third kappa shape index (κ3) is 4.82. The van der Waals surface area contributed by atoms with E-state index < -0.39 is 0 Å². The van der Waals surface area contributed by atoms with Gasteiger partial charge >= 0.3 is 0 Å². The third-order valence-corrected chi connectivity index (χ3v) is 11.6. The Morgan fingerprint density at radius 2 is 0.870 bits per heavy atom. The van der Waals surface area contributed by atoms with E-state index in [4.69, 9.17) is 4.99 Å². The van der Waals surface area contributed by atoms with Crippen molar-refractivity contribution in [3.05, 3.63) is 211 Å². The summed E-state index contributed by atoms with van der Waals surface area (Å²) in [7, 11) is 0. The fourth-order valence-electron chi connectivity index (χ4n) is 9.18. The Bertz CT molecular complexity index is 3060. The van der Waals surface area contributed by atoms with Crippen molar-refractivity contribution in [3.63, 3.8) is 0 Å². The van der Waals surface area contributed by atoms with Crippen molar-refractivity contribution in [1.29, 1.82) is 0 Å². The maximum Gasteiger partial charge on any atom is 0.0671 e. The molecule has 0 aromatic heterocycles. The summed E-state index contributed by atoms with van der Waals surface area (Å²) in [5, 5.41) is 10.0. The monoisotopic (exact) mass is 685 g/mol. The van der Waals surface area contributed by atoms with E-state index >= 15 is 0 Å². The lowest BCUT2D eigenvalue weighted by Crippen LogP contribution is -2.25. The van der Waals surface area contributed by atoms with Crippen LogP contribution in [0.3, 0.4) is 0 Å². The number of allylic oxidation sites excluding steroid dienone is 4. The maximum atomic E-state index is 5.30. The molecule has 54 heavy (non-hydrogen) atoms. The van der Waals surface area contributed by atoms with Crippen LogP contribution in [0.15, 0.2) is 205 Å². The fourth-order valence-corrected chi connectivity index (χ4v) is 9.18. The molecule has 0 amide bonds. The highest BCUT2D eigenvalue weighted by Crippen LogP contribution is 2.48. The topological polar surface area (TPSA) is 12.4 Å². The van der Waals surface area contributed by atoms with Gasteiger partial charge in [-0.1, -0.05) is 182 Å². The molecule has 252 valence electrons. The normalized spacial score (nSPS) is 16.1. The van der Waals surface area contributed by atoms with Crippen molar-refractivity contribution in [2.24, 2.45) is 10.9 Å². The molecule has 0 saturated carbocycles. The molecule has 1 aliphatic carbocycles. The average Bonchev–Trinajstić information content (AvgIpc) is 3.25. The van der Waals surface area contributed by atoms with Gasteiger partial charge in [0, 0.05) is 11.8 Å². The number of hydrogen-bond acceptors (Lipinski definition) is 1. The van der Waals surface area contributed by atoms with Gasteiger partial charge in [0.25, 0.3) is 0 Å². The molecule has 0 radical (unpaired) electrons. The largest absolute Gasteiger partial charge is 0.252 e. The zero-order chi connectivity index (χ0) is 35.6. The summed E-state index contributed by atoms with van der Waals surface area (Å²) in [6.45, 7) is 0. The van der Waals surface area contributed by atoms with Crippen LogP contribution in [0.2, 0.25) is 0 Å². The van der Waals surface area contributed by atoms with Crippen molar-refractivity contribution in [3.8, 4) is 33.4 Å². The van der Waals surface area contributed by atoms with Crippen molar-refractivity contribution < 1.29 is 0 Å². The van der Waals surface area contributed by atoms with Gasteiger partial charge in [0.2, 0.25) is 0 Å². The van der Waals surface area contributed by atoms with Crippen LogP contribution in [0.5, 0.6) is 0 Å². The van der Waals surface area contributed by atoms with Gasteiger partial charge in [-0.3, -0.25) is 4.99 Å². The van der Waals surface area contributed by atoms with Crippen molar-refractivity contribution in [2.45, 2.75) is 5.92 Å². The van der Waals surface area contributed by atoms with Gasteiger partial charge in [0.05, 0.1) is 11.4 Å². The molecular weight excluding hydrogens is 651 g/mol. The van der Waals surface area contributed by atoms with E-state index in [9.17, 15) is 0 Å². The lowest BCUT2D eigenvalue weighted by atomic mass is 9.75. The number of fused-ring (bicyclic) bond motifs is 7. The number of benzene rings is 9. The second-order valence-corrected chi connectivity index (χ2v) is 14.6. The molecule has 0 saturated heterocycles. The Balaban J connectivity index is 1.18. The summed E-state index contributed by atoms with van der Waals surface area (Å²) >= 11 is 0. The van der Waals surface area contributed by atoms with Crippen molar-refractivity contribution in [2.75, 3.05) is 0 Å². The number of hydrogen-bond donors (Lipinski definition) is 0. The van der Waals surface area contributed by atoms with Gasteiger partial charge in [-0.2, -0.15) is 0 Å². The van der Waals surface area contributed by atoms with E-state index in [1.54, 1.807) is 0 Å². The highest BCUT2D eigenvalue weighted by Gasteiger charge is 2.31. The molecule has 9 aromatic carbocycles. The lowest BCUT2D eigenvalue weighted by Gasteiger charge is -2.31. The number of rotatable bonds is 4. The minimum absolute atomic E-state index is 0.198. The number of nitrogens with zero attached hydrogens (tertiary/aromatic N) is 1. The minimum Gasteiger partial charge on any atom is -0.252 e. The summed E-state index contributed by atoms with van der Waals surface area (Å²) < 4.78 is 0. The first-order valence-electron chi connectivity index (χ1n) is 18.9. The van der Waals surface area contributed by atoms with Crippen LogP contribution in [0.25, 0.3) is 76.5 Å². The third-order valence-electron chi connectivity index (χ3n) is 11.6. The predicted octanol–water partition coefficient (Wildman–Crippen LogP) is 14.3. The summed E-state index contributed by atoms with van der Waals surface area (Å²) in [5.74, 6) is 0.483. The highest BCUT2D eigenvalue weighted by atomic mass is 14.8. The van der Waals surface area contributed by atoms with E-state index in [1.807, 2.05) is 0 Å². The zero-order valence-electron chi connectivity index (χ0n) is 29.7. The molecule has 2 unspecified atom stereocenters. The van der Waals surface area contributed by atoms with Crippen LogP contribution in [0.1, 0.15) is 17.0 Å². The first-order valence-corrected chi connectivity index (χ1v) is 18.9. The minimum atomic E-state index is 0.198. The average molecular weight is 686 g/mol. The fraction of sp³-hybridized carbons (Fsp3) is 0.0377. The summed E-state index contributed by atoms with van der Waals surface area (Å²) in [6.07, 6.45) is 9.00. The molecule has 11 rings (SSSR count).